The molecule has 0 aliphatic carbocycles. The highest BCUT2D eigenvalue weighted by Gasteiger charge is 2.09. The molecule has 0 atom stereocenters. The summed E-state index contributed by atoms with van der Waals surface area (Å²) in [5, 5.41) is 7.81. The molecule has 1 heterocycles. The lowest BCUT2D eigenvalue weighted by molar-refractivity contribution is 0.411. The van der Waals surface area contributed by atoms with Crippen molar-refractivity contribution in [3.05, 3.63) is 41.2 Å². The molecule has 0 saturated carbocycles. The number of nitrogens with zero attached hydrogens (tertiary/aromatic N) is 1. The molecule has 0 unspecified atom stereocenters. The van der Waals surface area contributed by atoms with Gasteiger partial charge in [-0.3, -0.25) is 0 Å². The molecule has 84 valence electrons. The van der Waals surface area contributed by atoms with E-state index in [9.17, 15) is 0 Å². The average molecular weight is 237 g/mol. The fourth-order valence-corrected chi connectivity index (χ4v) is 1.76. The van der Waals surface area contributed by atoms with Crippen LogP contribution < -0.4 is 5.32 Å². The van der Waals surface area contributed by atoms with Crippen molar-refractivity contribution in [1.29, 1.82) is 0 Å². The summed E-state index contributed by atoms with van der Waals surface area (Å²) in [7, 11) is 1.92. The lowest BCUT2D eigenvalue weighted by Gasteiger charge is -2.01. The number of rotatable bonds is 4. The Hall–Kier alpha value is -1.32. The largest absolute Gasteiger partial charge is 0.364 e. The normalized spacial score (nSPS) is 10.6. The third-order valence-corrected chi connectivity index (χ3v) is 2.63. The second-order valence-corrected chi connectivity index (χ2v) is 3.98. The van der Waals surface area contributed by atoms with E-state index in [1.165, 1.54) is 0 Å². The first kappa shape index (κ1) is 11.2. The number of benzene rings is 1. The number of hydrogen-bond acceptors (Lipinski definition) is 3. The van der Waals surface area contributed by atoms with E-state index >= 15 is 0 Å². The Labute approximate surface area is 99.4 Å². The minimum absolute atomic E-state index is 0.721. The smallest absolute Gasteiger partial charge is 0.131 e. The zero-order valence-corrected chi connectivity index (χ0v) is 9.79. The Kier molecular flexibility index (Phi) is 3.59. The Balaban J connectivity index is 2.29. The lowest BCUT2D eigenvalue weighted by atomic mass is 10.1. The minimum Gasteiger partial charge on any atom is -0.364 e. The fourth-order valence-electron chi connectivity index (χ4n) is 1.57. The highest BCUT2D eigenvalue weighted by molar-refractivity contribution is 6.30. The molecule has 16 heavy (non-hydrogen) atoms. The van der Waals surface area contributed by atoms with Gasteiger partial charge in [-0.25, -0.2) is 0 Å². The van der Waals surface area contributed by atoms with Gasteiger partial charge in [0.1, 0.15) is 6.26 Å². The molecular formula is C12H13ClN2O. The first-order valence-corrected chi connectivity index (χ1v) is 5.53. The van der Waals surface area contributed by atoms with E-state index in [-0.39, 0.29) is 0 Å². The molecule has 0 fully saturated rings. The van der Waals surface area contributed by atoms with Crippen LogP contribution in [0, 0.1) is 0 Å². The van der Waals surface area contributed by atoms with Gasteiger partial charge in [-0.05, 0) is 24.7 Å². The van der Waals surface area contributed by atoms with Gasteiger partial charge in [0, 0.05) is 23.6 Å². The minimum atomic E-state index is 0.721. The molecule has 2 rings (SSSR count). The van der Waals surface area contributed by atoms with Crippen LogP contribution in [0.25, 0.3) is 11.1 Å². The van der Waals surface area contributed by atoms with Crippen LogP contribution in [0.2, 0.25) is 5.02 Å². The molecule has 0 radical (unpaired) electrons. The summed E-state index contributed by atoms with van der Waals surface area (Å²) in [6.45, 7) is 0.875. The van der Waals surface area contributed by atoms with Crippen LogP contribution in [0.4, 0.5) is 0 Å². The van der Waals surface area contributed by atoms with E-state index in [0.717, 1.165) is 34.8 Å². The summed E-state index contributed by atoms with van der Waals surface area (Å²) in [4.78, 5) is 0. The third-order valence-electron chi connectivity index (χ3n) is 2.39. The van der Waals surface area contributed by atoms with Crippen LogP contribution in [0.15, 0.2) is 35.1 Å². The monoisotopic (exact) mass is 236 g/mol. The van der Waals surface area contributed by atoms with E-state index in [4.69, 9.17) is 16.1 Å². The molecule has 0 aliphatic rings. The van der Waals surface area contributed by atoms with Crippen molar-refractivity contribution in [3.8, 4) is 11.1 Å². The molecular weight excluding hydrogens is 224 g/mol. The molecule has 0 amide bonds. The summed E-state index contributed by atoms with van der Waals surface area (Å²) in [6.07, 6.45) is 2.51. The predicted molar refractivity (Wildman–Crippen MR) is 64.6 cm³/mol. The summed E-state index contributed by atoms with van der Waals surface area (Å²) >= 11 is 5.96. The second-order valence-electron chi connectivity index (χ2n) is 3.54. The van der Waals surface area contributed by atoms with E-state index in [2.05, 4.69) is 10.5 Å². The summed E-state index contributed by atoms with van der Waals surface area (Å²) in [6, 6.07) is 7.69. The van der Waals surface area contributed by atoms with Crippen LogP contribution >= 0.6 is 11.6 Å². The van der Waals surface area contributed by atoms with E-state index in [0.29, 0.717) is 0 Å². The molecule has 0 bridgehead atoms. The molecule has 0 saturated heterocycles. The van der Waals surface area contributed by atoms with E-state index < -0.39 is 0 Å². The quantitative estimate of drug-likeness (QED) is 0.887. The molecule has 0 spiro atoms. The van der Waals surface area contributed by atoms with Gasteiger partial charge in [-0.15, -0.1) is 0 Å². The summed E-state index contributed by atoms with van der Waals surface area (Å²) in [5.41, 5.74) is 3.01. The van der Waals surface area contributed by atoms with Crippen molar-refractivity contribution in [2.24, 2.45) is 0 Å². The van der Waals surface area contributed by atoms with Gasteiger partial charge in [-0.2, -0.15) is 0 Å². The maximum atomic E-state index is 5.96. The molecule has 1 aromatic heterocycles. The number of halogens is 1. The maximum Gasteiger partial charge on any atom is 0.131 e. The zero-order valence-electron chi connectivity index (χ0n) is 9.03. The topological polar surface area (TPSA) is 38.1 Å². The SMILES string of the molecule is CNCCc1nocc1-c1cccc(Cl)c1. The first-order valence-electron chi connectivity index (χ1n) is 5.15. The molecule has 0 aliphatic heterocycles. The van der Waals surface area contributed by atoms with Gasteiger partial charge < -0.3 is 9.84 Å². The van der Waals surface area contributed by atoms with Crippen LogP contribution in [0.1, 0.15) is 5.69 Å². The standard InChI is InChI=1S/C12H13ClN2O/c1-14-6-5-12-11(8-16-15-12)9-3-2-4-10(13)7-9/h2-4,7-8,14H,5-6H2,1H3. The number of aromatic nitrogens is 1. The molecule has 4 heteroatoms. The van der Waals surface area contributed by atoms with Crippen molar-refractivity contribution in [3.63, 3.8) is 0 Å². The Morgan fingerprint density at radius 1 is 1.44 bits per heavy atom. The van der Waals surface area contributed by atoms with Crippen molar-refractivity contribution in [2.45, 2.75) is 6.42 Å². The Morgan fingerprint density at radius 3 is 3.06 bits per heavy atom. The van der Waals surface area contributed by atoms with Gasteiger partial charge in [0.05, 0.1) is 5.69 Å². The number of nitrogens with one attached hydrogen (secondary N) is 1. The number of likely N-dealkylation sites (N-methyl/N-ethyl adjacent to an activating group) is 1. The fraction of sp³-hybridized carbons (Fsp3) is 0.250. The van der Waals surface area contributed by atoms with Crippen LogP contribution in [-0.4, -0.2) is 18.7 Å². The highest BCUT2D eigenvalue weighted by atomic mass is 35.5. The van der Waals surface area contributed by atoms with Crippen molar-refractivity contribution < 1.29 is 4.52 Å². The highest BCUT2D eigenvalue weighted by Crippen LogP contribution is 2.25. The van der Waals surface area contributed by atoms with Gasteiger partial charge in [-0.1, -0.05) is 28.9 Å². The van der Waals surface area contributed by atoms with Crippen LogP contribution in [0.5, 0.6) is 0 Å². The van der Waals surface area contributed by atoms with Crippen molar-refractivity contribution in [2.75, 3.05) is 13.6 Å². The van der Waals surface area contributed by atoms with Gasteiger partial charge >= 0.3 is 0 Å². The molecule has 3 nitrogen and oxygen atoms in total. The predicted octanol–water partition coefficient (Wildman–Crippen LogP) is 2.76. The molecule has 1 N–H and O–H groups in total. The summed E-state index contributed by atoms with van der Waals surface area (Å²) in [5.74, 6) is 0. The van der Waals surface area contributed by atoms with Gasteiger partial charge in [0.15, 0.2) is 0 Å². The second kappa shape index (κ2) is 5.14. The number of hydrogen-bond donors (Lipinski definition) is 1. The zero-order chi connectivity index (χ0) is 11.4. The van der Waals surface area contributed by atoms with E-state index in [1.54, 1.807) is 6.26 Å². The van der Waals surface area contributed by atoms with Crippen molar-refractivity contribution in [1.82, 2.24) is 10.5 Å². The average Bonchev–Trinajstić information content (AvgIpc) is 2.74. The van der Waals surface area contributed by atoms with Gasteiger partial charge in [0.2, 0.25) is 0 Å². The van der Waals surface area contributed by atoms with Crippen LogP contribution in [0.3, 0.4) is 0 Å². The first-order chi connectivity index (χ1) is 7.81. The maximum absolute atomic E-state index is 5.96. The Bertz CT molecular complexity index is 468. The van der Waals surface area contributed by atoms with Gasteiger partial charge in [0.25, 0.3) is 0 Å². The Morgan fingerprint density at radius 2 is 2.31 bits per heavy atom. The van der Waals surface area contributed by atoms with Crippen LogP contribution in [-0.2, 0) is 6.42 Å². The summed E-state index contributed by atoms with van der Waals surface area (Å²) < 4.78 is 5.02. The van der Waals surface area contributed by atoms with Crippen molar-refractivity contribution >= 4 is 11.6 Å². The molecule has 1 aromatic carbocycles. The third kappa shape index (κ3) is 2.43. The van der Waals surface area contributed by atoms with E-state index in [1.807, 2.05) is 31.3 Å². The molecule has 2 aromatic rings. The lowest BCUT2D eigenvalue weighted by Crippen LogP contribution is -2.10.